The van der Waals surface area contributed by atoms with Crippen LogP contribution in [0.2, 0.25) is 0 Å². The molecule has 24 heavy (non-hydrogen) atoms. The van der Waals surface area contributed by atoms with Gasteiger partial charge in [-0.3, -0.25) is 0 Å². The molecule has 0 atom stereocenters. The van der Waals surface area contributed by atoms with Crippen LogP contribution >= 0.6 is 11.8 Å². The second kappa shape index (κ2) is 8.35. The summed E-state index contributed by atoms with van der Waals surface area (Å²) in [5.41, 5.74) is 0.827. The largest absolute Gasteiger partial charge is 0.456 e. The zero-order chi connectivity index (χ0) is 17.5. The van der Waals surface area contributed by atoms with Crippen molar-refractivity contribution in [3.8, 4) is 23.6 Å². The van der Waals surface area contributed by atoms with Gasteiger partial charge in [-0.25, -0.2) is 4.39 Å². The first-order valence-electron chi connectivity index (χ1n) is 7.31. The molecule has 0 fully saturated rings. The summed E-state index contributed by atoms with van der Waals surface area (Å²) in [4.78, 5) is 0.820. The quantitative estimate of drug-likeness (QED) is 0.790. The monoisotopic (exact) mass is 342 g/mol. The van der Waals surface area contributed by atoms with Gasteiger partial charge in [0.25, 0.3) is 0 Å². The summed E-state index contributed by atoms with van der Waals surface area (Å²) < 4.78 is 19.1. The van der Waals surface area contributed by atoms with E-state index in [0.29, 0.717) is 5.56 Å². The van der Waals surface area contributed by atoms with Gasteiger partial charge in [-0.15, -0.1) is 11.8 Å². The zero-order valence-electron chi connectivity index (χ0n) is 13.0. The summed E-state index contributed by atoms with van der Waals surface area (Å²) in [6.07, 6.45) is 0.968. The summed E-state index contributed by atoms with van der Waals surface area (Å²) >= 11 is 1.55. The number of aliphatic hydroxyl groups excluding tert-OH is 1. The van der Waals surface area contributed by atoms with E-state index in [9.17, 15) is 14.8 Å². The Bertz CT molecular complexity index is 825. The molecule has 4 nitrogen and oxygen atoms in total. The zero-order valence-corrected chi connectivity index (χ0v) is 13.9. The molecule has 2 rings (SSSR count). The lowest BCUT2D eigenvalue weighted by Gasteiger charge is -2.13. The fraction of sp³-hybridized carbons (Fsp3) is 0.222. The molecule has 0 aliphatic carbocycles. The molecule has 0 aliphatic rings. The molecule has 0 amide bonds. The first-order chi connectivity index (χ1) is 11.6. The van der Waals surface area contributed by atoms with E-state index >= 15 is 0 Å². The minimum atomic E-state index is -0.597. The predicted molar refractivity (Wildman–Crippen MR) is 89.3 cm³/mol. The van der Waals surface area contributed by atoms with Crippen molar-refractivity contribution in [2.24, 2.45) is 0 Å². The number of nitrogens with zero attached hydrogens (tertiary/aromatic N) is 2. The van der Waals surface area contributed by atoms with Crippen LogP contribution in [-0.4, -0.2) is 10.9 Å². The van der Waals surface area contributed by atoms with Crippen molar-refractivity contribution in [3.63, 3.8) is 0 Å². The fourth-order valence-corrected chi connectivity index (χ4v) is 3.06. The minimum Gasteiger partial charge on any atom is -0.456 e. The third-order valence-electron chi connectivity index (χ3n) is 3.19. The van der Waals surface area contributed by atoms with Gasteiger partial charge in [0.15, 0.2) is 0 Å². The number of benzene rings is 2. The van der Waals surface area contributed by atoms with E-state index in [1.165, 1.54) is 6.07 Å². The number of hydrogen-bond donors (Lipinski definition) is 1. The third kappa shape index (κ3) is 4.05. The Morgan fingerprint density at radius 2 is 2.00 bits per heavy atom. The molecule has 6 heteroatoms. The molecule has 2 aromatic rings. The van der Waals surface area contributed by atoms with Gasteiger partial charge in [-0.2, -0.15) is 10.5 Å². The highest BCUT2D eigenvalue weighted by molar-refractivity contribution is 7.99. The topological polar surface area (TPSA) is 77.0 Å². The van der Waals surface area contributed by atoms with Crippen LogP contribution in [-0.2, 0) is 6.61 Å². The van der Waals surface area contributed by atoms with E-state index in [1.54, 1.807) is 23.9 Å². The molecule has 0 aromatic heterocycles. The number of halogens is 1. The van der Waals surface area contributed by atoms with Crippen molar-refractivity contribution < 1.29 is 14.2 Å². The van der Waals surface area contributed by atoms with Crippen molar-refractivity contribution in [1.29, 1.82) is 10.5 Å². The van der Waals surface area contributed by atoms with Gasteiger partial charge in [0.2, 0.25) is 0 Å². The Morgan fingerprint density at radius 1 is 1.21 bits per heavy atom. The molecule has 1 N–H and O–H groups in total. The van der Waals surface area contributed by atoms with Crippen molar-refractivity contribution in [1.82, 2.24) is 0 Å². The normalized spacial score (nSPS) is 10.0. The molecule has 0 radical (unpaired) electrons. The summed E-state index contributed by atoms with van der Waals surface area (Å²) in [6.45, 7) is 1.75. The van der Waals surface area contributed by atoms with E-state index in [4.69, 9.17) is 10.00 Å². The molecule has 0 saturated heterocycles. The molecule has 0 aliphatic heterocycles. The van der Waals surface area contributed by atoms with Crippen LogP contribution < -0.4 is 4.74 Å². The van der Waals surface area contributed by atoms with E-state index in [-0.39, 0.29) is 29.2 Å². The number of aliphatic hydroxyl groups is 1. The van der Waals surface area contributed by atoms with E-state index in [2.05, 4.69) is 0 Å². The first-order valence-corrected chi connectivity index (χ1v) is 8.29. The third-order valence-corrected chi connectivity index (χ3v) is 4.50. The van der Waals surface area contributed by atoms with E-state index < -0.39 is 5.82 Å². The maximum absolute atomic E-state index is 13.5. The fourth-order valence-electron chi connectivity index (χ4n) is 2.13. The standard InChI is InChI=1S/C18H15FN2O2S/c1-2-5-24-18-4-3-17(15(10-21)16(18)11-22)23-14-7-12(9-20)6-13(19)8-14/h3-4,6-8,22H,2,5,11H2,1H3. The van der Waals surface area contributed by atoms with E-state index in [0.717, 1.165) is 29.2 Å². The SMILES string of the molecule is CCCSc1ccc(Oc2cc(F)cc(C#N)c2)c(C#N)c1CO. The lowest BCUT2D eigenvalue weighted by molar-refractivity contribution is 0.278. The average molecular weight is 342 g/mol. The summed E-state index contributed by atoms with van der Waals surface area (Å²) in [5.74, 6) is 0.617. The van der Waals surface area contributed by atoms with Crippen molar-refractivity contribution in [2.45, 2.75) is 24.8 Å². The molecule has 2 aromatic carbocycles. The van der Waals surface area contributed by atoms with Crippen LogP contribution in [0.5, 0.6) is 11.5 Å². The predicted octanol–water partition coefficient (Wildman–Crippen LogP) is 4.36. The Morgan fingerprint density at radius 3 is 2.62 bits per heavy atom. The molecule has 122 valence electrons. The van der Waals surface area contributed by atoms with Gasteiger partial charge in [-0.1, -0.05) is 6.92 Å². The number of thioether (sulfide) groups is 1. The van der Waals surface area contributed by atoms with Crippen LogP contribution in [0.3, 0.4) is 0 Å². The van der Waals surface area contributed by atoms with Crippen molar-refractivity contribution >= 4 is 11.8 Å². The van der Waals surface area contributed by atoms with Crippen LogP contribution in [0, 0.1) is 28.5 Å². The lowest BCUT2D eigenvalue weighted by Crippen LogP contribution is -1.98. The average Bonchev–Trinajstić information content (AvgIpc) is 2.59. The molecule has 0 heterocycles. The molecule has 0 spiro atoms. The van der Waals surface area contributed by atoms with Crippen LogP contribution in [0.4, 0.5) is 4.39 Å². The Hall–Kier alpha value is -2.54. The van der Waals surface area contributed by atoms with Gasteiger partial charge >= 0.3 is 0 Å². The highest BCUT2D eigenvalue weighted by atomic mass is 32.2. The summed E-state index contributed by atoms with van der Waals surface area (Å²) in [5, 5.41) is 28.0. The van der Waals surface area contributed by atoms with Crippen molar-refractivity contribution in [2.75, 3.05) is 5.75 Å². The van der Waals surface area contributed by atoms with Gasteiger partial charge in [0.05, 0.1) is 18.2 Å². The Balaban J connectivity index is 2.43. The van der Waals surface area contributed by atoms with Crippen molar-refractivity contribution in [3.05, 3.63) is 52.8 Å². The van der Waals surface area contributed by atoms with Crippen LogP contribution in [0.25, 0.3) is 0 Å². The number of nitriles is 2. The number of ether oxygens (including phenoxy) is 1. The summed E-state index contributed by atoms with van der Waals surface area (Å²) in [6, 6.07) is 10.9. The Labute approximate surface area is 144 Å². The number of rotatable bonds is 6. The second-order valence-corrected chi connectivity index (χ2v) is 6.06. The lowest BCUT2D eigenvalue weighted by atomic mass is 10.1. The molecular formula is C18H15FN2O2S. The maximum atomic E-state index is 13.5. The van der Waals surface area contributed by atoms with Gasteiger partial charge in [-0.05, 0) is 36.4 Å². The number of hydrogen-bond acceptors (Lipinski definition) is 5. The summed E-state index contributed by atoms with van der Waals surface area (Å²) in [7, 11) is 0. The van der Waals surface area contributed by atoms with Crippen LogP contribution in [0.1, 0.15) is 30.0 Å². The Kier molecular flexibility index (Phi) is 6.20. The molecule has 0 unspecified atom stereocenters. The van der Waals surface area contributed by atoms with Crippen LogP contribution in [0.15, 0.2) is 35.2 Å². The smallest absolute Gasteiger partial charge is 0.145 e. The van der Waals surface area contributed by atoms with Gasteiger partial charge < -0.3 is 9.84 Å². The maximum Gasteiger partial charge on any atom is 0.145 e. The highest BCUT2D eigenvalue weighted by Crippen LogP contribution is 2.34. The molecule has 0 saturated carbocycles. The van der Waals surface area contributed by atoms with E-state index in [1.807, 2.05) is 19.1 Å². The molecule has 0 bridgehead atoms. The minimum absolute atomic E-state index is 0.126. The highest BCUT2D eigenvalue weighted by Gasteiger charge is 2.15. The van der Waals surface area contributed by atoms with Gasteiger partial charge in [0, 0.05) is 16.5 Å². The second-order valence-electron chi connectivity index (χ2n) is 4.92. The van der Waals surface area contributed by atoms with Gasteiger partial charge in [0.1, 0.15) is 28.9 Å². The molecular weight excluding hydrogens is 327 g/mol. The first kappa shape index (κ1) is 17.8.